The molecule has 1 aliphatic carbocycles. The van der Waals surface area contributed by atoms with Gasteiger partial charge in [-0.25, -0.2) is 4.39 Å². The third kappa shape index (κ3) is 2.09. The highest BCUT2D eigenvalue weighted by atomic mass is 19.1. The van der Waals surface area contributed by atoms with Crippen LogP contribution in [0.15, 0.2) is 30.3 Å². The first-order chi connectivity index (χ1) is 11.0. The molecule has 0 N–H and O–H groups in total. The summed E-state index contributed by atoms with van der Waals surface area (Å²) in [6, 6.07) is 10.00. The molecule has 0 aromatic heterocycles. The number of halogens is 1. The molecule has 2 aliphatic heterocycles. The second-order valence-electron chi connectivity index (χ2n) is 7.25. The van der Waals surface area contributed by atoms with Gasteiger partial charge >= 0.3 is 0 Å². The van der Waals surface area contributed by atoms with Gasteiger partial charge in [-0.2, -0.15) is 0 Å². The number of nitrogens with zero attached hydrogens (tertiary/aromatic N) is 2. The Morgan fingerprint density at radius 2 is 1.91 bits per heavy atom. The van der Waals surface area contributed by atoms with Crippen LogP contribution in [0.4, 0.5) is 4.39 Å². The van der Waals surface area contributed by atoms with Crippen LogP contribution in [0.1, 0.15) is 30.7 Å². The van der Waals surface area contributed by atoms with Crippen molar-refractivity contribution in [1.29, 1.82) is 0 Å². The summed E-state index contributed by atoms with van der Waals surface area (Å²) >= 11 is 0. The van der Waals surface area contributed by atoms with E-state index in [9.17, 15) is 14.0 Å². The molecule has 2 saturated heterocycles. The maximum absolute atomic E-state index is 14.1. The van der Waals surface area contributed by atoms with Crippen molar-refractivity contribution >= 4 is 11.8 Å². The number of benzene rings is 1. The summed E-state index contributed by atoms with van der Waals surface area (Å²) in [5.74, 6) is -0.261. The summed E-state index contributed by atoms with van der Waals surface area (Å²) < 4.78 is 14.1. The van der Waals surface area contributed by atoms with E-state index < -0.39 is 17.0 Å². The van der Waals surface area contributed by atoms with Gasteiger partial charge in [-0.05, 0) is 24.8 Å². The molecule has 2 atom stereocenters. The van der Waals surface area contributed by atoms with Crippen LogP contribution in [-0.4, -0.2) is 54.0 Å². The lowest BCUT2D eigenvalue weighted by Gasteiger charge is -2.29. The Morgan fingerprint density at radius 1 is 1.22 bits per heavy atom. The van der Waals surface area contributed by atoms with Gasteiger partial charge in [-0.1, -0.05) is 30.3 Å². The monoisotopic (exact) mass is 316 g/mol. The molecule has 0 unspecified atom stereocenters. The number of carbonyl (C=O) groups excluding carboxylic acids is 2. The van der Waals surface area contributed by atoms with Crippen molar-refractivity contribution in [2.45, 2.75) is 30.8 Å². The summed E-state index contributed by atoms with van der Waals surface area (Å²) in [6.07, 6.45) is 1.27. The van der Waals surface area contributed by atoms with Crippen molar-refractivity contribution < 1.29 is 14.0 Å². The third-order valence-electron chi connectivity index (χ3n) is 5.76. The number of hydrogen-bond donors (Lipinski definition) is 0. The van der Waals surface area contributed by atoms with E-state index in [1.165, 1.54) is 0 Å². The Labute approximate surface area is 135 Å². The predicted octanol–water partition coefficient (Wildman–Crippen LogP) is 1.96. The number of carbonyl (C=O) groups is 2. The molecule has 5 heteroatoms. The second kappa shape index (κ2) is 4.79. The van der Waals surface area contributed by atoms with Gasteiger partial charge in [0, 0.05) is 32.6 Å². The quantitative estimate of drug-likeness (QED) is 0.837. The van der Waals surface area contributed by atoms with Crippen LogP contribution < -0.4 is 0 Å². The number of hydrogen-bond acceptors (Lipinski definition) is 2. The maximum atomic E-state index is 14.1. The average Bonchev–Trinajstić information content (AvgIpc) is 3.08. The fourth-order valence-corrected chi connectivity index (χ4v) is 4.24. The normalized spacial score (nSPS) is 31.9. The number of alkyl halides is 1. The minimum atomic E-state index is -1.65. The molecule has 0 radical (unpaired) electrons. The zero-order chi connectivity index (χ0) is 16.2. The van der Waals surface area contributed by atoms with Crippen LogP contribution in [0.3, 0.4) is 0 Å². The number of likely N-dealkylation sites (tertiary alicyclic amines) is 2. The molecule has 1 saturated carbocycles. The van der Waals surface area contributed by atoms with Gasteiger partial charge in [-0.15, -0.1) is 0 Å². The Balaban J connectivity index is 1.65. The van der Waals surface area contributed by atoms with Crippen LogP contribution in [0, 0.1) is 5.41 Å². The molecule has 1 spiro atoms. The van der Waals surface area contributed by atoms with E-state index in [1.807, 2.05) is 37.4 Å². The van der Waals surface area contributed by atoms with E-state index in [0.717, 1.165) is 5.56 Å². The van der Waals surface area contributed by atoms with E-state index in [1.54, 1.807) is 9.80 Å². The van der Waals surface area contributed by atoms with Crippen molar-refractivity contribution in [1.82, 2.24) is 9.80 Å². The molecule has 1 aromatic carbocycles. The fraction of sp³-hybridized carbons (Fsp3) is 0.556. The van der Waals surface area contributed by atoms with Crippen molar-refractivity contribution in [2.75, 3.05) is 26.7 Å². The largest absolute Gasteiger partial charge is 0.345 e. The molecule has 2 heterocycles. The molecular formula is C18H21FN2O2. The Kier molecular flexibility index (Phi) is 3.06. The van der Waals surface area contributed by atoms with Gasteiger partial charge in [0.1, 0.15) is 0 Å². The van der Waals surface area contributed by atoms with Gasteiger partial charge in [0.25, 0.3) is 5.91 Å². The average molecular weight is 316 g/mol. The van der Waals surface area contributed by atoms with Gasteiger partial charge in [-0.3, -0.25) is 9.59 Å². The van der Waals surface area contributed by atoms with Crippen LogP contribution in [0.5, 0.6) is 0 Å². The zero-order valence-corrected chi connectivity index (χ0v) is 13.3. The molecule has 4 rings (SSSR count). The minimum Gasteiger partial charge on any atom is -0.345 e. The summed E-state index contributed by atoms with van der Waals surface area (Å²) in [5, 5.41) is 0. The Hall–Kier alpha value is -1.91. The standard InChI is InChI=1S/C18H21FN2O2/c1-20-11-14(13-5-3-2-4-6-13)17(15(20)22)9-10-21(12-17)16(23)18(19)7-8-18/h2-6,14H,7-12H2,1H3/t14-,17-/m0/s1. The molecule has 4 nitrogen and oxygen atoms in total. The van der Waals surface area contributed by atoms with Crippen molar-refractivity contribution in [3.05, 3.63) is 35.9 Å². The lowest BCUT2D eigenvalue weighted by atomic mass is 9.73. The molecule has 0 bridgehead atoms. The summed E-state index contributed by atoms with van der Waals surface area (Å²) in [6.45, 7) is 1.49. The minimum absolute atomic E-state index is 0.0637. The van der Waals surface area contributed by atoms with Crippen LogP contribution >= 0.6 is 0 Å². The highest BCUT2D eigenvalue weighted by Gasteiger charge is 2.60. The molecule has 122 valence electrons. The smallest absolute Gasteiger partial charge is 0.260 e. The maximum Gasteiger partial charge on any atom is 0.260 e. The topological polar surface area (TPSA) is 40.6 Å². The molecule has 23 heavy (non-hydrogen) atoms. The van der Waals surface area contributed by atoms with Crippen molar-refractivity contribution in [2.24, 2.45) is 5.41 Å². The highest BCUT2D eigenvalue weighted by Crippen LogP contribution is 2.51. The van der Waals surface area contributed by atoms with Crippen LogP contribution in [-0.2, 0) is 9.59 Å². The number of amides is 2. The lowest BCUT2D eigenvalue weighted by molar-refractivity contribution is -0.139. The van der Waals surface area contributed by atoms with Crippen molar-refractivity contribution in [3.63, 3.8) is 0 Å². The van der Waals surface area contributed by atoms with Crippen molar-refractivity contribution in [3.8, 4) is 0 Å². The Morgan fingerprint density at radius 3 is 2.57 bits per heavy atom. The van der Waals surface area contributed by atoms with Gasteiger partial charge < -0.3 is 9.80 Å². The summed E-state index contributed by atoms with van der Waals surface area (Å²) in [7, 11) is 1.81. The lowest BCUT2D eigenvalue weighted by Crippen LogP contribution is -2.42. The number of likely N-dealkylation sites (N-methyl/N-ethyl adjacent to an activating group) is 1. The molecule has 1 aromatic rings. The van der Waals surface area contributed by atoms with E-state index in [4.69, 9.17) is 0 Å². The second-order valence-corrected chi connectivity index (χ2v) is 7.25. The summed E-state index contributed by atoms with van der Waals surface area (Å²) in [4.78, 5) is 28.5. The van der Waals surface area contributed by atoms with E-state index in [-0.39, 0.29) is 11.8 Å². The molecular weight excluding hydrogens is 295 g/mol. The SMILES string of the molecule is CN1C[C@@H](c2ccccc2)[C@@]2(CCN(C(=O)C3(F)CC3)C2)C1=O. The zero-order valence-electron chi connectivity index (χ0n) is 13.3. The Bertz CT molecular complexity index is 658. The third-order valence-corrected chi connectivity index (χ3v) is 5.76. The fourth-order valence-electron chi connectivity index (χ4n) is 4.24. The first-order valence-corrected chi connectivity index (χ1v) is 8.25. The van der Waals surface area contributed by atoms with Gasteiger partial charge in [0.15, 0.2) is 5.67 Å². The van der Waals surface area contributed by atoms with E-state index in [2.05, 4.69) is 0 Å². The number of rotatable bonds is 2. The molecule has 3 aliphatic rings. The molecule has 2 amide bonds. The van der Waals surface area contributed by atoms with Crippen LogP contribution in [0.2, 0.25) is 0 Å². The highest BCUT2D eigenvalue weighted by molar-refractivity contribution is 5.91. The van der Waals surface area contributed by atoms with Gasteiger partial charge in [0.05, 0.1) is 5.41 Å². The first kappa shape index (κ1) is 14.7. The van der Waals surface area contributed by atoms with E-state index in [0.29, 0.717) is 38.9 Å². The van der Waals surface area contributed by atoms with Gasteiger partial charge in [0.2, 0.25) is 5.91 Å². The predicted molar refractivity (Wildman–Crippen MR) is 83.5 cm³/mol. The van der Waals surface area contributed by atoms with E-state index >= 15 is 0 Å². The molecule has 3 fully saturated rings. The summed E-state index contributed by atoms with van der Waals surface area (Å²) in [5.41, 5.74) is -1.11. The van der Waals surface area contributed by atoms with Crippen LogP contribution in [0.25, 0.3) is 0 Å². The first-order valence-electron chi connectivity index (χ1n) is 8.25.